The number of para-hydroxylation sites is 1. The lowest BCUT2D eigenvalue weighted by Crippen LogP contribution is -2.34. The molecule has 0 atom stereocenters. The zero-order valence-electron chi connectivity index (χ0n) is 17.5. The van der Waals surface area contributed by atoms with Gasteiger partial charge < -0.3 is 4.74 Å². The van der Waals surface area contributed by atoms with E-state index in [-0.39, 0.29) is 11.7 Å². The fourth-order valence-electron chi connectivity index (χ4n) is 3.37. The quantitative estimate of drug-likeness (QED) is 0.311. The lowest BCUT2D eigenvalue weighted by Gasteiger charge is -2.20. The molecule has 0 saturated carbocycles. The van der Waals surface area contributed by atoms with Crippen molar-refractivity contribution >= 4 is 32.6 Å². The summed E-state index contributed by atoms with van der Waals surface area (Å²) in [5.41, 5.74) is 1.15. The van der Waals surface area contributed by atoms with Crippen molar-refractivity contribution in [3.63, 3.8) is 0 Å². The van der Waals surface area contributed by atoms with Crippen LogP contribution in [0.2, 0.25) is 0 Å². The van der Waals surface area contributed by atoms with E-state index in [2.05, 4.69) is 10.1 Å². The van der Waals surface area contributed by atoms with Crippen LogP contribution in [-0.2, 0) is 6.54 Å². The van der Waals surface area contributed by atoms with Crippen LogP contribution in [0.25, 0.3) is 10.2 Å². The Morgan fingerprint density at radius 2 is 1.79 bits per heavy atom. The molecule has 0 spiro atoms. The Labute approximate surface area is 193 Å². The number of rotatable bonds is 7. The Kier molecular flexibility index (Phi) is 5.82. The molecule has 3 aromatic carbocycles. The lowest BCUT2D eigenvalue weighted by atomic mass is 10.2. The average Bonchev–Trinajstić information content (AvgIpc) is 3.50. The molecule has 5 rings (SSSR count). The highest BCUT2D eigenvalue weighted by Crippen LogP contribution is 2.31. The number of thiazole rings is 1. The van der Waals surface area contributed by atoms with Crippen LogP contribution in [0.5, 0.6) is 11.5 Å². The second kappa shape index (κ2) is 9.22. The molecule has 0 bridgehead atoms. The maximum atomic E-state index is 13.7. The molecule has 164 valence electrons. The number of aromatic nitrogens is 3. The predicted octanol–water partition coefficient (Wildman–Crippen LogP) is 5.77. The number of benzene rings is 3. The second-order valence-electron chi connectivity index (χ2n) is 7.27. The van der Waals surface area contributed by atoms with Gasteiger partial charge in [0.05, 0.1) is 16.8 Å². The standard InChI is InChI=1S/C25H19FN4O2S/c26-19-9-12-22-23(17-19)33-25(28-22)30(16-15-29-14-4-13-27-29)24(31)18-7-10-21(11-8-18)32-20-5-2-1-3-6-20/h1-14,17H,15-16H2. The van der Waals surface area contributed by atoms with Gasteiger partial charge in [-0.1, -0.05) is 29.5 Å². The summed E-state index contributed by atoms with van der Waals surface area (Å²) in [6.45, 7) is 0.864. The van der Waals surface area contributed by atoms with E-state index < -0.39 is 0 Å². The van der Waals surface area contributed by atoms with E-state index in [1.807, 2.05) is 42.6 Å². The van der Waals surface area contributed by atoms with Gasteiger partial charge in [0.2, 0.25) is 0 Å². The SMILES string of the molecule is O=C(c1ccc(Oc2ccccc2)cc1)N(CCn1cccn1)c1nc2ccc(F)cc2s1. The number of amides is 1. The van der Waals surface area contributed by atoms with E-state index in [0.717, 1.165) is 5.75 Å². The number of anilines is 1. The van der Waals surface area contributed by atoms with Crippen LogP contribution in [0.15, 0.2) is 91.3 Å². The van der Waals surface area contributed by atoms with E-state index in [1.54, 1.807) is 46.1 Å². The Morgan fingerprint density at radius 1 is 1.00 bits per heavy atom. The van der Waals surface area contributed by atoms with Gasteiger partial charge in [0, 0.05) is 24.5 Å². The highest BCUT2D eigenvalue weighted by atomic mass is 32.1. The molecular formula is C25H19FN4O2S. The smallest absolute Gasteiger partial charge is 0.260 e. The maximum absolute atomic E-state index is 13.7. The highest BCUT2D eigenvalue weighted by molar-refractivity contribution is 7.22. The summed E-state index contributed by atoms with van der Waals surface area (Å²) in [5, 5.41) is 4.73. The van der Waals surface area contributed by atoms with Crippen molar-refractivity contribution in [2.75, 3.05) is 11.4 Å². The summed E-state index contributed by atoms with van der Waals surface area (Å²) in [5.74, 6) is 0.824. The molecule has 0 aliphatic heterocycles. The van der Waals surface area contributed by atoms with Crippen molar-refractivity contribution in [1.29, 1.82) is 0 Å². The van der Waals surface area contributed by atoms with Crippen molar-refractivity contribution in [1.82, 2.24) is 14.8 Å². The molecular weight excluding hydrogens is 439 g/mol. The first kappa shape index (κ1) is 20.8. The highest BCUT2D eigenvalue weighted by Gasteiger charge is 2.22. The number of carbonyl (C=O) groups is 1. The number of fused-ring (bicyclic) bond motifs is 1. The Balaban J connectivity index is 1.41. The molecule has 5 aromatic rings. The van der Waals surface area contributed by atoms with Crippen molar-refractivity contribution in [3.8, 4) is 11.5 Å². The minimum Gasteiger partial charge on any atom is -0.457 e. The van der Waals surface area contributed by atoms with Crippen LogP contribution >= 0.6 is 11.3 Å². The third-order valence-corrected chi connectivity index (χ3v) is 6.05. The minimum atomic E-state index is -0.332. The molecule has 0 aliphatic rings. The summed E-state index contributed by atoms with van der Waals surface area (Å²) in [6.07, 6.45) is 3.53. The molecule has 6 nitrogen and oxygen atoms in total. The molecule has 33 heavy (non-hydrogen) atoms. The first-order valence-corrected chi connectivity index (χ1v) is 11.2. The van der Waals surface area contributed by atoms with Gasteiger partial charge in [0.15, 0.2) is 5.13 Å². The van der Waals surface area contributed by atoms with Crippen molar-refractivity contribution < 1.29 is 13.9 Å². The van der Waals surface area contributed by atoms with E-state index in [0.29, 0.717) is 39.8 Å². The largest absolute Gasteiger partial charge is 0.457 e. The van der Waals surface area contributed by atoms with Gasteiger partial charge in [-0.15, -0.1) is 0 Å². The topological polar surface area (TPSA) is 60.2 Å². The van der Waals surface area contributed by atoms with Crippen LogP contribution in [-0.4, -0.2) is 27.2 Å². The molecule has 8 heteroatoms. The van der Waals surface area contributed by atoms with Gasteiger partial charge in [-0.2, -0.15) is 5.10 Å². The Hall–Kier alpha value is -4.04. The molecule has 0 unspecified atom stereocenters. The van der Waals surface area contributed by atoms with E-state index in [9.17, 15) is 9.18 Å². The molecule has 2 aromatic heterocycles. The molecule has 0 fully saturated rings. The summed E-state index contributed by atoms with van der Waals surface area (Å²) in [7, 11) is 0. The van der Waals surface area contributed by atoms with Gasteiger partial charge in [-0.05, 0) is 60.7 Å². The number of carbonyl (C=O) groups excluding carboxylic acids is 1. The average molecular weight is 459 g/mol. The summed E-state index contributed by atoms with van der Waals surface area (Å²) < 4.78 is 21.9. The van der Waals surface area contributed by atoms with Crippen molar-refractivity contribution in [2.45, 2.75) is 6.54 Å². The van der Waals surface area contributed by atoms with Crippen LogP contribution in [0.1, 0.15) is 10.4 Å². The molecule has 1 amide bonds. The van der Waals surface area contributed by atoms with Crippen LogP contribution in [0.4, 0.5) is 9.52 Å². The van der Waals surface area contributed by atoms with Crippen LogP contribution in [0, 0.1) is 5.82 Å². The molecule has 0 N–H and O–H groups in total. The summed E-state index contributed by atoms with van der Waals surface area (Å²) in [4.78, 5) is 19.7. The zero-order chi connectivity index (χ0) is 22.6. The van der Waals surface area contributed by atoms with Crippen molar-refractivity contribution in [2.24, 2.45) is 0 Å². The van der Waals surface area contributed by atoms with Gasteiger partial charge in [-0.3, -0.25) is 14.4 Å². The van der Waals surface area contributed by atoms with Gasteiger partial charge >= 0.3 is 0 Å². The van der Waals surface area contributed by atoms with Gasteiger partial charge in [0.25, 0.3) is 5.91 Å². The first-order valence-electron chi connectivity index (χ1n) is 10.3. The maximum Gasteiger partial charge on any atom is 0.260 e. The molecule has 0 aliphatic carbocycles. The van der Waals surface area contributed by atoms with Crippen LogP contribution in [0.3, 0.4) is 0 Å². The van der Waals surface area contributed by atoms with Crippen LogP contribution < -0.4 is 9.64 Å². The second-order valence-corrected chi connectivity index (χ2v) is 8.28. The minimum absolute atomic E-state index is 0.201. The normalized spacial score (nSPS) is 10.9. The molecule has 0 radical (unpaired) electrons. The summed E-state index contributed by atoms with van der Waals surface area (Å²) in [6, 6.07) is 22.7. The number of hydrogen-bond acceptors (Lipinski definition) is 5. The van der Waals surface area contributed by atoms with E-state index in [4.69, 9.17) is 4.74 Å². The third kappa shape index (κ3) is 4.75. The van der Waals surface area contributed by atoms with E-state index in [1.165, 1.54) is 23.5 Å². The predicted molar refractivity (Wildman–Crippen MR) is 126 cm³/mol. The third-order valence-electron chi connectivity index (χ3n) is 5.01. The fourth-order valence-corrected chi connectivity index (χ4v) is 4.38. The van der Waals surface area contributed by atoms with Gasteiger partial charge in [-0.25, -0.2) is 9.37 Å². The monoisotopic (exact) mass is 458 g/mol. The Morgan fingerprint density at radius 3 is 2.55 bits per heavy atom. The van der Waals surface area contributed by atoms with E-state index >= 15 is 0 Å². The first-order chi connectivity index (χ1) is 16.2. The van der Waals surface area contributed by atoms with Crippen molar-refractivity contribution in [3.05, 3.63) is 103 Å². The molecule has 2 heterocycles. The lowest BCUT2D eigenvalue weighted by molar-refractivity contribution is 0.0986. The fraction of sp³-hybridized carbons (Fsp3) is 0.0800. The number of halogens is 1. The summed E-state index contributed by atoms with van der Waals surface area (Å²) >= 11 is 1.28. The molecule has 0 saturated heterocycles. The van der Waals surface area contributed by atoms with Gasteiger partial charge in [0.1, 0.15) is 17.3 Å². The Bertz CT molecular complexity index is 1370. The zero-order valence-corrected chi connectivity index (χ0v) is 18.3. The number of nitrogens with zero attached hydrogens (tertiary/aromatic N) is 4. The number of hydrogen-bond donors (Lipinski definition) is 0. The number of ether oxygens (including phenoxy) is 1.